The Morgan fingerprint density at radius 3 is 2.45 bits per heavy atom. The molecule has 0 saturated carbocycles. The molecule has 0 spiro atoms. The molecule has 0 aromatic heterocycles. The van der Waals surface area contributed by atoms with Crippen LogP contribution in [-0.4, -0.2) is 31.5 Å². The first-order chi connectivity index (χ1) is 4.49. The van der Waals surface area contributed by atoms with Crippen molar-refractivity contribution in [2.24, 2.45) is 0 Å². The van der Waals surface area contributed by atoms with Gasteiger partial charge in [-0.3, -0.25) is 4.55 Å². The van der Waals surface area contributed by atoms with Crippen molar-refractivity contribution in [2.45, 2.75) is 6.04 Å². The third kappa shape index (κ3) is 4.39. The normalized spacial score (nSPS) is 21.7. The Morgan fingerprint density at radius 2 is 2.18 bits per heavy atom. The van der Waals surface area contributed by atoms with E-state index in [1.54, 1.807) is 0 Å². The summed E-state index contributed by atoms with van der Waals surface area (Å²) >= 11 is 0. The summed E-state index contributed by atoms with van der Waals surface area (Å²) < 4.78 is 31.3. The van der Waals surface area contributed by atoms with Gasteiger partial charge < -0.3 is 10.9 Å². The molecule has 1 rings (SSSR count). The number of hydrogen-bond donors (Lipinski definition) is 2. The third-order valence-electron chi connectivity index (χ3n) is 0.880. The monoisotopic (exact) mass is 175 g/mol. The van der Waals surface area contributed by atoms with E-state index in [1.807, 2.05) is 0 Å². The van der Waals surface area contributed by atoms with Gasteiger partial charge in [-0.15, -0.1) is 0 Å². The van der Waals surface area contributed by atoms with E-state index >= 15 is 0 Å². The van der Waals surface area contributed by atoms with Gasteiger partial charge in [0.1, 0.15) is 6.04 Å². The van der Waals surface area contributed by atoms with Crippen LogP contribution in [0.15, 0.2) is 0 Å². The van der Waals surface area contributed by atoms with Gasteiger partial charge in [-0.25, -0.2) is 4.79 Å². The van der Waals surface area contributed by atoms with Crippen LogP contribution in [0.1, 0.15) is 1.43 Å². The summed E-state index contributed by atoms with van der Waals surface area (Å²) in [6, 6.07) is -0.568. The molecule has 0 bridgehead atoms. The summed E-state index contributed by atoms with van der Waals surface area (Å²) in [5.41, 5.74) is 0. The molecule has 0 aromatic carbocycles. The van der Waals surface area contributed by atoms with E-state index < -0.39 is 22.4 Å². The van der Waals surface area contributed by atoms with Crippen molar-refractivity contribution in [1.82, 2.24) is 5.32 Å². The zero-order chi connectivity index (χ0) is 7.78. The molecule has 1 heterocycles. The second kappa shape index (κ2) is 3.56. The van der Waals surface area contributed by atoms with Gasteiger partial charge in [0.15, 0.2) is 0 Å². The number of hydrogen-bond acceptors (Lipinski definition) is 5. The van der Waals surface area contributed by atoms with Crippen LogP contribution in [0.25, 0.3) is 0 Å². The first-order valence-electron chi connectivity index (χ1n) is 2.43. The molecular weight excluding hydrogens is 169 g/mol. The smallest absolute Gasteiger partial charge is 1.00 e. The van der Waals surface area contributed by atoms with Crippen molar-refractivity contribution in [1.29, 1.82) is 0 Å². The Morgan fingerprint density at radius 1 is 1.73 bits per heavy atom. The molecule has 1 atom stereocenters. The minimum atomic E-state index is -4.62. The Bertz CT molecular complexity index is 249. The summed E-state index contributed by atoms with van der Waals surface area (Å²) in [6.45, 7) is 0.397. The minimum absolute atomic E-state index is 0. The summed E-state index contributed by atoms with van der Waals surface area (Å²) in [5, 5.41) is 2.51. The molecule has 11 heavy (non-hydrogen) atoms. The van der Waals surface area contributed by atoms with Gasteiger partial charge in [0.05, 0.1) is 0 Å². The van der Waals surface area contributed by atoms with Crippen LogP contribution >= 0.6 is 0 Å². The number of carbonyl (C=O) groups is 1. The van der Waals surface area contributed by atoms with E-state index in [0.717, 1.165) is 0 Å². The molecule has 60 valence electrons. The van der Waals surface area contributed by atoms with Gasteiger partial charge in [-0.2, -0.15) is 8.42 Å². The fourth-order valence-corrected chi connectivity index (χ4v) is 0.711. The second-order valence-electron chi connectivity index (χ2n) is 1.79. The molecule has 2 N–H and O–H groups in total. The van der Waals surface area contributed by atoms with Gasteiger partial charge in [-0.05, 0) is 0 Å². The van der Waals surface area contributed by atoms with Gasteiger partial charge in [0, 0.05) is 6.54 Å². The van der Waals surface area contributed by atoms with Crippen LogP contribution in [-0.2, 0) is 19.4 Å². The maximum atomic E-state index is 10.4. The largest absolute Gasteiger partial charge is 1.00 e. The number of carbonyl (C=O) groups excluding carboxylic acids is 1. The van der Waals surface area contributed by atoms with Gasteiger partial charge >= 0.3 is 35.2 Å². The Labute approximate surface area is 76.9 Å². The first kappa shape index (κ1) is 10.9. The zero-order valence-electron chi connectivity index (χ0n) is 6.77. The maximum absolute atomic E-state index is 10.4. The van der Waals surface area contributed by atoms with Crippen molar-refractivity contribution in [3.63, 3.8) is 0 Å². The standard InChI is InChI=1S/C3H5NO5S.Li.H/c5-3(2-1-4-2)9-10(6,7)8;;/h2,4H,1H2,(H,6,7,8);;/q;+1;-1. The quantitative estimate of drug-likeness (QED) is 0.249. The SMILES string of the molecule is O=C(OS(=O)(=O)O)C1CN1.[H-].[Li+]. The predicted octanol–water partition coefficient (Wildman–Crippen LogP) is -4.58. The van der Waals surface area contributed by atoms with Crippen LogP contribution in [0, 0.1) is 0 Å². The minimum Gasteiger partial charge on any atom is -1.00 e. The molecule has 8 heteroatoms. The molecule has 1 saturated heterocycles. The fraction of sp³-hybridized carbons (Fsp3) is 0.667. The molecule has 1 fully saturated rings. The average molecular weight is 175 g/mol. The Balaban J connectivity index is 0. The van der Waals surface area contributed by atoms with Crippen molar-refractivity contribution >= 4 is 16.4 Å². The van der Waals surface area contributed by atoms with Gasteiger partial charge in [0.2, 0.25) is 0 Å². The fourth-order valence-electron chi connectivity index (χ4n) is 0.387. The van der Waals surface area contributed by atoms with E-state index in [1.165, 1.54) is 0 Å². The van der Waals surface area contributed by atoms with E-state index in [0.29, 0.717) is 6.54 Å². The molecule has 1 aliphatic rings. The molecule has 0 radical (unpaired) electrons. The molecule has 0 aliphatic carbocycles. The summed E-state index contributed by atoms with van der Waals surface area (Å²) in [6.07, 6.45) is 0. The molecule has 0 amide bonds. The predicted molar refractivity (Wildman–Crippen MR) is 30.5 cm³/mol. The second-order valence-corrected chi connectivity index (χ2v) is 2.81. The van der Waals surface area contributed by atoms with E-state index in [9.17, 15) is 13.2 Å². The first-order valence-corrected chi connectivity index (χ1v) is 3.80. The van der Waals surface area contributed by atoms with Crippen molar-refractivity contribution in [3.8, 4) is 0 Å². The van der Waals surface area contributed by atoms with Gasteiger partial charge in [0.25, 0.3) is 0 Å². The summed E-state index contributed by atoms with van der Waals surface area (Å²) in [4.78, 5) is 10.4. The van der Waals surface area contributed by atoms with E-state index in [4.69, 9.17) is 4.55 Å². The number of nitrogens with one attached hydrogen (secondary N) is 1. The van der Waals surface area contributed by atoms with E-state index in [2.05, 4.69) is 9.50 Å². The molecule has 6 nitrogen and oxygen atoms in total. The summed E-state index contributed by atoms with van der Waals surface area (Å²) in [7, 11) is -4.62. The average Bonchev–Trinajstić information content (AvgIpc) is 2.35. The molecule has 1 aliphatic heterocycles. The van der Waals surface area contributed by atoms with E-state index in [-0.39, 0.29) is 20.3 Å². The molecule has 0 aromatic rings. The van der Waals surface area contributed by atoms with Gasteiger partial charge in [-0.1, -0.05) is 0 Å². The Hall–Kier alpha value is -0.0626. The maximum Gasteiger partial charge on any atom is 1.00 e. The van der Waals surface area contributed by atoms with Crippen LogP contribution in [0.3, 0.4) is 0 Å². The van der Waals surface area contributed by atoms with Crippen LogP contribution in [0.2, 0.25) is 0 Å². The zero-order valence-corrected chi connectivity index (χ0v) is 6.59. The van der Waals surface area contributed by atoms with Crippen LogP contribution in [0.4, 0.5) is 0 Å². The van der Waals surface area contributed by atoms with Crippen molar-refractivity contribution in [2.75, 3.05) is 6.54 Å². The van der Waals surface area contributed by atoms with Crippen molar-refractivity contribution in [3.05, 3.63) is 0 Å². The number of rotatable bonds is 2. The van der Waals surface area contributed by atoms with Crippen LogP contribution in [0.5, 0.6) is 0 Å². The third-order valence-corrected chi connectivity index (χ3v) is 1.26. The summed E-state index contributed by atoms with van der Waals surface area (Å²) in [5.74, 6) is -0.970. The van der Waals surface area contributed by atoms with Crippen molar-refractivity contribution < 1.29 is 42.2 Å². The topological polar surface area (TPSA) is 103 Å². The van der Waals surface area contributed by atoms with Crippen LogP contribution < -0.4 is 24.2 Å². The molecule has 1 unspecified atom stereocenters. The Kier molecular flexibility index (Phi) is 3.54. The molecular formula is C3H6LiNO5S.